The van der Waals surface area contributed by atoms with E-state index in [1.54, 1.807) is 11.9 Å². The summed E-state index contributed by atoms with van der Waals surface area (Å²) in [5.41, 5.74) is 1.04. The van der Waals surface area contributed by atoms with Gasteiger partial charge < -0.3 is 10.0 Å². The SMILES string of the molecule is CC(C)C(NCC(=O)N(C)C1=CCCC1)C(=O)O. The van der Waals surface area contributed by atoms with Gasteiger partial charge in [-0.1, -0.05) is 19.9 Å². The van der Waals surface area contributed by atoms with Crippen LogP contribution in [0.5, 0.6) is 0 Å². The predicted octanol–water partition coefficient (Wildman–Crippen LogP) is 1.21. The van der Waals surface area contributed by atoms with Gasteiger partial charge in [0.05, 0.1) is 6.54 Å². The van der Waals surface area contributed by atoms with Crippen LogP contribution in [0, 0.1) is 5.92 Å². The van der Waals surface area contributed by atoms with Crippen molar-refractivity contribution in [3.8, 4) is 0 Å². The van der Waals surface area contributed by atoms with Crippen LogP contribution in [-0.4, -0.2) is 41.5 Å². The lowest BCUT2D eigenvalue weighted by atomic mass is 10.1. The molecule has 102 valence electrons. The molecular formula is C13H22N2O3. The Balaban J connectivity index is 2.46. The summed E-state index contributed by atoms with van der Waals surface area (Å²) in [7, 11) is 1.74. The van der Waals surface area contributed by atoms with E-state index >= 15 is 0 Å². The van der Waals surface area contributed by atoms with E-state index in [0.29, 0.717) is 0 Å². The molecule has 0 saturated heterocycles. The summed E-state index contributed by atoms with van der Waals surface area (Å²) in [6.45, 7) is 3.70. The van der Waals surface area contributed by atoms with E-state index in [4.69, 9.17) is 5.11 Å². The average Bonchev–Trinajstić information content (AvgIpc) is 2.80. The minimum atomic E-state index is -0.916. The molecule has 1 atom stereocenters. The van der Waals surface area contributed by atoms with Crippen molar-refractivity contribution in [2.24, 2.45) is 5.92 Å². The molecule has 1 rings (SSSR count). The molecule has 1 amide bonds. The molecule has 1 aliphatic carbocycles. The minimum absolute atomic E-state index is 0.0497. The van der Waals surface area contributed by atoms with Crippen LogP contribution >= 0.6 is 0 Å². The molecule has 18 heavy (non-hydrogen) atoms. The number of carbonyl (C=O) groups excluding carboxylic acids is 1. The summed E-state index contributed by atoms with van der Waals surface area (Å²) in [6, 6.07) is -0.681. The van der Waals surface area contributed by atoms with Crippen molar-refractivity contribution in [2.45, 2.75) is 39.2 Å². The Hall–Kier alpha value is -1.36. The number of rotatable bonds is 6. The first-order chi connectivity index (χ1) is 8.43. The fourth-order valence-electron chi connectivity index (χ4n) is 2.04. The fraction of sp³-hybridized carbons (Fsp3) is 0.692. The van der Waals surface area contributed by atoms with Crippen LogP contribution in [-0.2, 0) is 9.59 Å². The van der Waals surface area contributed by atoms with E-state index in [1.165, 1.54) is 0 Å². The van der Waals surface area contributed by atoms with Crippen LogP contribution in [0.2, 0.25) is 0 Å². The van der Waals surface area contributed by atoms with E-state index in [-0.39, 0.29) is 18.4 Å². The van der Waals surface area contributed by atoms with Gasteiger partial charge in [0, 0.05) is 12.7 Å². The maximum atomic E-state index is 11.9. The Morgan fingerprint density at radius 1 is 1.50 bits per heavy atom. The topological polar surface area (TPSA) is 69.6 Å². The number of allylic oxidation sites excluding steroid dienone is 2. The van der Waals surface area contributed by atoms with Gasteiger partial charge in [-0.15, -0.1) is 0 Å². The molecule has 5 nitrogen and oxygen atoms in total. The van der Waals surface area contributed by atoms with Gasteiger partial charge in [0.25, 0.3) is 0 Å². The number of aliphatic carboxylic acids is 1. The van der Waals surface area contributed by atoms with Crippen LogP contribution in [0.4, 0.5) is 0 Å². The number of amides is 1. The second-order valence-electron chi connectivity index (χ2n) is 4.98. The summed E-state index contributed by atoms with van der Waals surface area (Å²) < 4.78 is 0. The molecule has 1 aliphatic rings. The number of hydrogen-bond donors (Lipinski definition) is 2. The van der Waals surface area contributed by atoms with Crippen molar-refractivity contribution < 1.29 is 14.7 Å². The summed E-state index contributed by atoms with van der Waals surface area (Å²) in [6.07, 6.45) is 5.10. The van der Waals surface area contributed by atoms with E-state index in [1.807, 2.05) is 13.8 Å². The Kier molecular flexibility index (Phi) is 5.34. The monoisotopic (exact) mass is 254 g/mol. The van der Waals surface area contributed by atoms with Gasteiger partial charge in [-0.05, 0) is 25.2 Å². The average molecular weight is 254 g/mol. The van der Waals surface area contributed by atoms with Gasteiger partial charge in [-0.2, -0.15) is 0 Å². The number of carbonyl (C=O) groups is 2. The van der Waals surface area contributed by atoms with Gasteiger partial charge in [-0.25, -0.2) is 0 Å². The highest BCUT2D eigenvalue weighted by molar-refractivity contribution is 5.81. The number of nitrogens with one attached hydrogen (secondary N) is 1. The zero-order valence-corrected chi connectivity index (χ0v) is 11.3. The molecule has 0 bridgehead atoms. The lowest BCUT2D eigenvalue weighted by Gasteiger charge is -2.22. The van der Waals surface area contributed by atoms with Crippen LogP contribution in [0.25, 0.3) is 0 Å². The van der Waals surface area contributed by atoms with Crippen molar-refractivity contribution in [2.75, 3.05) is 13.6 Å². The molecule has 0 aromatic rings. The van der Waals surface area contributed by atoms with Crippen LogP contribution in [0.1, 0.15) is 33.1 Å². The van der Waals surface area contributed by atoms with Crippen molar-refractivity contribution >= 4 is 11.9 Å². The molecule has 0 heterocycles. The van der Waals surface area contributed by atoms with E-state index in [9.17, 15) is 9.59 Å². The Morgan fingerprint density at radius 3 is 2.61 bits per heavy atom. The van der Waals surface area contributed by atoms with Crippen molar-refractivity contribution in [3.63, 3.8) is 0 Å². The maximum Gasteiger partial charge on any atom is 0.320 e. The molecule has 0 aromatic heterocycles. The Labute approximate surface area is 108 Å². The summed E-state index contributed by atoms with van der Waals surface area (Å²) in [5, 5.41) is 11.8. The first-order valence-corrected chi connectivity index (χ1v) is 6.35. The second kappa shape index (κ2) is 6.54. The van der Waals surface area contributed by atoms with Gasteiger partial charge in [0.2, 0.25) is 5.91 Å². The van der Waals surface area contributed by atoms with Crippen molar-refractivity contribution in [1.82, 2.24) is 10.2 Å². The zero-order valence-electron chi connectivity index (χ0n) is 11.3. The predicted molar refractivity (Wildman–Crippen MR) is 69.0 cm³/mol. The smallest absolute Gasteiger partial charge is 0.320 e. The molecule has 0 saturated carbocycles. The van der Waals surface area contributed by atoms with Gasteiger partial charge in [0.15, 0.2) is 0 Å². The first-order valence-electron chi connectivity index (χ1n) is 6.35. The van der Waals surface area contributed by atoms with Crippen LogP contribution in [0.3, 0.4) is 0 Å². The highest BCUT2D eigenvalue weighted by Crippen LogP contribution is 2.20. The van der Waals surface area contributed by atoms with Crippen molar-refractivity contribution in [3.05, 3.63) is 11.8 Å². The number of carboxylic acid groups (broad SMARTS) is 1. The number of carboxylic acids is 1. The van der Waals surface area contributed by atoms with E-state index in [2.05, 4.69) is 11.4 Å². The van der Waals surface area contributed by atoms with E-state index < -0.39 is 12.0 Å². The molecule has 0 spiro atoms. The third-order valence-electron chi connectivity index (χ3n) is 3.23. The molecule has 0 aliphatic heterocycles. The Bertz CT molecular complexity index is 350. The van der Waals surface area contributed by atoms with Crippen molar-refractivity contribution in [1.29, 1.82) is 0 Å². The molecule has 5 heteroatoms. The number of hydrogen-bond acceptors (Lipinski definition) is 3. The summed E-state index contributed by atoms with van der Waals surface area (Å²) in [5.74, 6) is -1.05. The quantitative estimate of drug-likeness (QED) is 0.747. The van der Waals surface area contributed by atoms with Gasteiger partial charge >= 0.3 is 5.97 Å². The minimum Gasteiger partial charge on any atom is -0.480 e. The highest BCUT2D eigenvalue weighted by atomic mass is 16.4. The third-order valence-corrected chi connectivity index (χ3v) is 3.23. The summed E-state index contributed by atoms with van der Waals surface area (Å²) in [4.78, 5) is 24.5. The molecular weight excluding hydrogens is 232 g/mol. The van der Waals surface area contributed by atoms with E-state index in [0.717, 1.165) is 25.0 Å². The largest absolute Gasteiger partial charge is 0.480 e. The fourth-order valence-corrected chi connectivity index (χ4v) is 2.04. The van der Waals surface area contributed by atoms with Crippen LogP contribution in [0.15, 0.2) is 11.8 Å². The van der Waals surface area contributed by atoms with Gasteiger partial charge in [0.1, 0.15) is 6.04 Å². The normalized spacial score (nSPS) is 16.6. The first kappa shape index (κ1) is 14.7. The summed E-state index contributed by atoms with van der Waals surface area (Å²) >= 11 is 0. The second-order valence-corrected chi connectivity index (χ2v) is 4.98. The standard InChI is InChI=1S/C13H22N2O3/c1-9(2)12(13(17)18)14-8-11(16)15(3)10-6-4-5-7-10/h6,9,12,14H,4-5,7-8H2,1-3H3,(H,17,18). The molecule has 0 radical (unpaired) electrons. The van der Waals surface area contributed by atoms with Crippen LogP contribution < -0.4 is 5.32 Å². The van der Waals surface area contributed by atoms with Gasteiger partial charge in [-0.3, -0.25) is 14.9 Å². The highest BCUT2D eigenvalue weighted by Gasteiger charge is 2.23. The lowest BCUT2D eigenvalue weighted by molar-refractivity contribution is -0.140. The lowest BCUT2D eigenvalue weighted by Crippen LogP contribution is -2.45. The number of likely N-dealkylation sites (N-methyl/N-ethyl adjacent to an activating group) is 1. The third kappa shape index (κ3) is 3.84. The number of nitrogens with zero attached hydrogens (tertiary/aromatic N) is 1. The maximum absolute atomic E-state index is 11.9. The molecule has 0 aromatic carbocycles. The Morgan fingerprint density at radius 2 is 2.17 bits per heavy atom. The molecule has 2 N–H and O–H groups in total. The molecule has 0 fully saturated rings. The zero-order chi connectivity index (χ0) is 13.7. The molecule has 1 unspecified atom stereocenters.